The Bertz CT molecular complexity index is 229. The number of esters is 1. The highest BCUT2D eigenvalue weighted by Crippen LogP contribution is 2.09. The number of hydrogen-bond donors (Lipinski definition) is 0. The summed E-state index contributed by atoms with van der Waals surface area (Å²) in [7, 11) is 0. The average Bonchev–Trinajstić information content (AvgIpc) is 2.43. The predicted octanol–water partition coefficient (Wildman–Crippen LogP) is 5.27. The van der Waals surface area contributed by atoms with Crippen LogP contribution in [0.4, 0.5) is 0 Å². The lowest BCUT2D eigenvalue weighted by atomic mass is 10.1. The van der Waals surface area contributed by atoms with Gasteiger partial charge in [-0.2, -0.15) is 0 Å². The van der Waals surface area contributed by atoms with Gasteiger partial charge in [0.1, 0.15) is 0 Å². The van der Waals surface area contributed by atoms with E-state index in [2.05, 4.69) is 20.8 Å². The van der Waals surface area contributed by atoms with E-state index in [0.29, 0.717) is 12.5 Å². The van der Waals surface area contributed by atoms with Gasteiger partial charge in [-0.1, -0.05) is 71.8 Å². The van der Waals surface area contributed by atoms with E-state index in [0.717, 1.165) is 19.3 Å². The van der Waals surface area contributed by atoms with E-state index in [1.807, 2.05) is 6.08 Å². The zero-order chi connectivity index (χ0) is 14.3. The molecule has 0 atom stereocenters. The maximum atomic E-state index is 11.4. The number of ether oxygens (including phenoxy) is 1. The lowest BCUT2D eigenvalue weighted by Gasteiger charge is -2.11. The van der Waals surface area contributed by atoms with Crippen LogP contribution in [0.3, 0.4) is 0 Å². The van der Waals surface area contributed by atoms with Crippen molar-refractivity contribution in [3.05, 3.63) is 12.2 Å². The highest BCUT2D eigenvalue weighted by Gasteiger charge is 2.05. The van der Waals surface area contributed by atoms with Crippen LogP contribution in [-0.4, -0.2) is 12.6 Å². The monoisotopic (exact) mass is 268 g/mol. The Balaban J connectivity index is 3.46. The second kappa shape index (κ2) is 13.6. The minimum atomic E-state index is -0.183. The highest BCUT2D eigenvalue weighted by atomic mass is 16.5. The fourth-order valence-corrected chi connectivity index (χ4v) is 1.99. The molecule has 0 unspecified atom stereocenters. The Morgan fingerprint density at radius 2 is 1.63 bits per heavy atom. The van der Waals surface area contributed by atoms with Gasteiger partial charge in [-0.05, 0) is 18.8 Å². The van der Waals surface area contributed by atoms with Crippen LogP contribution in [0.15, 0.2) is 12.2 Å². The number of unbranched alkanes of at least 4 members (excludes halogenated alkanes) is 6. The molecule has 0 saturated carbocycles. The second-order valence-electron chi connectivity index (χ2n) is 5.27. The molecule has 0 aliphatic carbocycles. The van der Waals surface area contributed by atoms with Crippen molar-refractivity contribution in [2.45, 2.75) is 78.6 Å². The summed E-state index contributed by atoms with van der Waals surface area (Å²) in [5.41, 5.74) is 0. The summed E-state index contributed by atoms with van der Waals surface area (Å²) in [5.74, 6) is 0.328. The SMILES string of the molecule is CCCCCCCCC=CC(=O)OCC(CC)CC. The first-order valence-corrected chi connectivity index (χ1v) is 8.07. The second-order valence-corrected chi connectivity index (χ2v) is 5.27. The third kappa shape index (κ3) is 12.0. The first-order chi connectivity index (χ1) is 9.24. The standard InChI is InChI=1S/C17H32O2/c1-4-7-8-9-10-11-12-13-14-17(18)19-15-16(5-2)6-3/h13-14,16H,4-12,15H2,1-3H3. The Kier molecular flexibility index (Phi) is 13.1. The molecule has 0 aliphatic heterocycles. The molecule has 0 heterocycles. The van der Waals surface area contributed by atoms with Crippen molar-refractivity contribution in [1.29, 1.82) is 0 Å². The van der Waals surface area contributed by atoms with Crippen molar-refractivity contribution in [3.8, 4) is 0 Å². The van der Waals surface area contributed by atoms with E-state index in [-0.39, 0.29) is 5.97 Å². The van der Waals surface area contributed by atoms with Crippen molar-refractivity contribution < 1.29 is 9.53 Å². The number of hydrogen-bond acceptors (Lipinski definition) is 2. The molecule has 0 radical (unpaired) electrons. The van der Waals surface area contributed by atoms with Gasteiger partial charge in [-0.25, -0.2) is 4.79 Å². The van der Waals surface area contributed by atoms with Crippen LogP contribution in [0.1, 0.15) is 78.6 Å². The zero-order valence-corrected chi connectivity index (χ0v) is 13.1. The molecule has 0 aliphatic rings. The van der Waals surface area contributed by atoms with Gasteiger partial charge in [0.15, 0.2) is 0 Å². The van der Waals surface area contributed by atoms with Gasteiger partial charge in [0.25, 0.3) is 0 Å². The first kappa shape index (κ1) is 18.2. The maximum Gasteiger partial charge on any atom is 0.330 e. The van der Waals surface area contributed by atoms with E-state index < -0.39 is 0 Å². The Morgan fingerprint density at radius 3 is 2.26 bits per heavy atom. The molecular weight excluding hydrogens is 236 g/mol. The summed E-state index contributed by atoms with van der Waals surface area (Å²) < 4.78 is 5.22. The average molecular weight is 268 g/mol. The first-order valence-electron chi connectivity index (χ1n) is 8.07. The van der Waals surface area contributed by atoms with Crippen LogP contribution in [0.25, 0.3) is 0 Å². The van der Waals surface area contributed by atoms with Crippen LogP contribution < -0.4 is 0 Å². The van der Waals surface area contributed by atoms with Crippen molar-refractivity contribution in [3.63, 3.8) is 0 Å². The minimum Gasteiger partial charge on any atom is -0.462 e. The molecule has 0 saturated heterocycles. The molecule has 112 valence electrons. The fraction of sp³-hybridized carbons (Fsp3) is 0.824. The number of rotatable bonds is 12. The molecule has 0 rings (SSSR count). The van der Waals surface area contributed by atoms with E-state index in [1.165, 1.54) is 38.5 Å². The third-order valence-electron chi connectivity index (χ3n) is 3.59. The largest absolute Gasteiger partial charge is 0.462 e. The fourth-order valence-electron chi connectivity index (χ4n) is 1.99. The quantitative estimate of drug-likeness (QED) is 0.274. The lowest BCUT2D eigenvalue weighted by molar-refractivity contribution is -0.139. The van der Waals surface area contributed by atoms with Crippen LogP contribution in [-0.2, 0) is 9.53 Å². The topological polar surface area (TPSA) is 26.3 Å². The summed E-state index contributed by atoms with van der Waals surface area (Å²) >= 11 is 0. The maximum absolute atomic E-state index is 11.4. The Morgan fingerprint density at radius 1 is 1.00 bits per heavy atom. The van der Waals surface area contributed by atoms with Gasteiger partial charge in [-0.15, -0.1) is 0 Å². The van der Waals surface area contributed by atoms with Crippen LogP contribution >= 0.6 is 0 Å². The van der Waals surface area contributed by atoms with Gasteiger partial charge >= 0.3 is 5.97 Å². The summed E-state index contributed by atoms with van der Waals surface area (Å²) in [6, 6.07) is 0. The van der Waals surface area contributed by atoms with Crippen molar-refractivity contribution >= 4 is 5.97 Å². The number of allylic oxidation sites excluding steroid dienone is 1. The molecule has 0 aromatic heterocycles. The molecule has 19 heavy (non-hydrogen) atoms. The Hall–Kier alpha value is -0.790. The van der Waals surface area contributed by atoms with Crippen LogP contribution in [0, 0.1) is 5.92 Å². The smallest absolute Gasteiger partial charge is 0.330 e. The number of carbonyl (C=O) groups is 1. The third-order valence-corrected chi connectivity index (χ3v) is 3.59. The van der Waals surface area contributed by atoms with Crippen LogP contribution in [0.5, 0.6) is 0 Å². The van der Waals surface area contributed by atoms with E-state index in [4.69, 9.17) is 4.74 Å². The van der Waals surface area contributed by atoms with Gasteiger partial charge in [-0.3, -0.25) is 0 Å². The predicted molar refractivity (Wildman–Crippen MR) is 82.2 cm³/mol. The number of carbonyl (C=O) groups excluding carboxylic acids is 1. The van der Waals surface area contributed by atoms with Gasteiger partial charge < -0.3 is 4.74 Å². The summed E-state index contributed by atoms with van der Waals surface area (Å²) in [5, 5.41) is 0. The molecular formula is C17H32O2. The van der Waals surface area contributed by atoms with Crippen molar-refractivity contribution in [2.24, 2.45) is 5.92 Å². The van der Waals surface area contributed by atoms with Crippen molar-refractivity contribution in [2.75, 3.05) is 6.61 Å². The molecule has 0 N–H and O–H groups in total. The Labute approximate surface area is 119 Å². The molecule has 0 bridgehead atoms. The van der Waals surface area contributed by atoms with Gasteiger partial charge in [0, 0.05) is 6.08 Å². The van der Waals surface area contributed by atoms with E-state index in [1.54, 1.807) is 6.08 Å². The van der Waals surface area contributed by atoms with Crippen LogP contribution in [0.2, 0.25) is 0 Å². The van der Waals surface area contributed by atoms with Crippen molar-refractivity contribution in [1.82, 2.24) is 0 Å². The highest BCUT2D eigenvalue weighted by molar-refractivity contribution is 5.81. The van der Waals surface area contributed by atoms with E-state index in [9.17, 15) is 4.79 Å². The molecule has 0 aromatic carbocycles. The molecule has 0 aromatic rings. The summed E-state index contributed by atoms with van der Waals surface area (Å²) in [6.07, 6.45) is 14.4. The van der Waals surface area contributed by atoms with E-state index >= 15 is 0 Å². The molecule has 0 spiro atoms. The lowest BCUT2D eigenvalue weighted by Crippen LogP contribution is -2.11. The van der Waals surface area contributed by atoms with Gasteiger partial charge in [0.05, 0.1) is 6.61 Å². The summed E-state index contributed by atoms with van der Waals surface area (Å²) in [4.78, 5) is 11.4. The molecule has 2 nitrogen and oxygen atoms in total. The van der Waals surface area contributed by atoms with Gasteiger partial charge in [0.2, 0.25) is 0 Å². The summed E-state index contributed by atoms with van der Waals surface area (Å²) in [6.45, 7) is 7.07. The molecule has 0 amide bonds. The zero-order valence-electron chi connectivity index (χ0n) is 13.1. The minimum absolute atomic E-state index is 0.183. The normalized spacial score (nSPS) is 11.4. The molecule has 2 heteroatoms. The molecule has 0 fully saturated rings.